The molecule has 2 aromatic heterocycles. The number of hydrogen-bond donors (Lipinski definition) is 0. The van der Waals surface area contributed by atoms with E-state index >= 15 is 0 Å². The van der Waals surface area contributed by atoms with E-state index in [1.54, 1.807) is 34.5 Å². The number of aromatic nitrogens is 4. The topological polar surface area (TPSA) is 97.4 Å². The zero-order chi connectivity index (χ0) is 18.1. The Kier molecular flexibility index (Phi) is 4.56. The lowest BCUT2D eigenvalue weighted by Gasteiger charge is -2.25. The van der Waals surface area contributed by atoms with Crippen molar-refractivity contribution in [2.75, 3.05) is 19.6 Å². The summed E-state index contributed by atoms with van der Waals surface area (Å²) in [6, 6.07) is 1.46. The third-order valence-electron chi connectivity index (χ3n) is 4.51. The van der Waals surface area contributed by atoms with Gasteiger partial charge in [0.2, 0.25) is 11.8 Å². The Morgan fingerprint density at radius 1 is 1.24 bits per heavy atom. The first kappa shape index (κ1) is 17.1. The number of nitrogens with zero attached hydrogens (tertiary/aromatic N) is 6. The standard InChI is InChI=1S/C16H22N6O3/c1-10-9-13(18-20(10)4)16(24)21-6-5-14(15-17-11(2)19-25-15)22(8-7-21)12(3)23/h9,14H,5-8H2,1-4H3. The maximum atomic E-state index is 12.7. The van der Waals surface area contributed by atoms with Gasteiger partial charge in [-0.15, -0.1) is 0 Å². The van der Waals surface area contributed by atoms with Gasteiger partial charge in [-0.2, -0.15) is 10.1 Å². The molecule has 0 saturated carbocycles. The fraction of sp³-hybridized carbons (Fsp3) is 0.562. The van der Waals surface area contributed by atoms with Crippen molar-refractivity contribution in [3.8, 4) is 0 Å². The molecular formula is C16H22N6O3. The second kappa shape index (κ2) is 6.66. The average molecular weight is 346 g/mol. The number of carbonyl (C=O) groups is 2. The first-order chi connectivity index (χ1) is 11.9. The van der Waals surface area contributed by atoms with E-state index in [9.17, 15) is 9.59 Å². The quantitative estimate of drug-likeness (QED) is 0.800. The van der Waals surface area contributed by atoms with Crippen LogP contribution < -0.4 is 0 Å². The zero-order valence-electron chi connectivity index (χ0n) is 14.9. The van der Waals surface area contributed by atoms with Gasteiger partial charge in [0.25, 0.3) is 5.91 Å². The van der Waals surface area contributed by atoms with Crippen LogP contribution in [0.4, 0.5) is 0 Å². The molecule has 1 aliphatic rings. The second-order valence-corrected chi connectivity index (χ2v) is 6.28. The molecule has 1 fully saturated rings. The van der Waals surface area contributed by atoms with Crippen molar-refractivity contribution >= 4 is 11.8 Å². The predicted octanol–water partition coefficient (Wildman–Crippen LogP) is 0.856. The lowest BCUT2D eigenvalue weighted by molar-refractivity contribution is -0.131. The van der Waals surface area contributed by atoms with E-state index in [0.717, 1.165) is 5.69 Å². The Balaban J connectivity index is 1.80. The molecule has 9 nitrogen and oxygen atoms in total. The molecule has 0 spiro atoms. The van der Waals surface area contributed by atoms with Crippen LogP contribution in [-0.2, 0) is 11.8 Å². The molecule has 0 aromatic carbocycles. The van der Waals surface area contributed by atoms with Crippen LogP contribution in [0.1, 0.15) is 47.3 Å². The number of carbonyl (C=O) groups excluding carboxylic acids is 2. The summed E-state index contributed by atoms with van der Waals surface area (Å²) in [7, 11) is 1.81. The SMILES string of the molecule is CC(=O)N1CCN(C(=O)c2cc(C)n(C)n2)CCC1c1nc(C)no1. The zero-order valence-corrected chi connectivity index (χ0v) is 14.9. The Morgan fingerprint density at radius 2 is 2.00 bits per heavy atom. The average Bonchev–Trinajstić information content (AvgIpc) is 3.04. The van der Waals surface area contributed by atoms with Crippen LogP contribution in [0.3, 0.4) is 0 Å². The molecule has 9 heteroatoms. The summed E-state index contributed by atoms with van der Waals surface area (Å²) in [4.78, 5) is 32.5. The van der Waals surface area contributed by atoms with Crippen molar-refractivity contribution < 1.29 is 14.1 Å². The summed E-state index contributed by atoms with van der Waals surface area (Å²) in [5.41, 5.74) is 1.34. The largest absolute Gasteiger partial charge is 0.337 e. The van der Waals surface area contributed by atoms with Gasteiger partial charge in [0.05, 0.1) is 0 Å². The van der Waals surface area contributed by atoms with Gasteiger partial charge in [0.15, 0.2) is 11.5 Å². The summed E-state index contributed by atoms with van der Waals surface area (Å²) in [5, 5.41) is 8.07. The third kappa shape index (κ3) is 3.40. The minimum atomic E-state index is -0.318. The van der Waals surface area contributed by atoms with Gasteiger partial charge in [0, 0.05) is 39.3 Å². The highest BCUT2D eigenvalue weighted by molar-refractivity contribution is 5.92. The molecule has 25 heavy (non-hydrogen) atoms. The van der Waals surface area contributed by atoms with Crippen molar-refractivity contribution in [3.63, 3.8) is 0 Å². The Morgan fingerprint density at radius 3 is 2.56 bits per heavy atom. The van der Waals surface area contributed by atoms with E-state index in [-0.39, 0.29) is 17.9 Å². The van der Waals surface area contributed by atoms with Crippen molar-refractivity contribution in [2.24, 2.45) is 7.05 Å². The monoisotopic (exact) mass is 346 g/mol. The molecule has 0 aliphatic carbocycles. The van der Waals surface area contributed by atoms with Crippen LogP contribution in [0.15, 0.2) is 10.6 Å². The summed E-state index contributed by atoms with van der Waals surface area (Å²) >= 11 is 0. The fourth-order valence-corrected chi connectivity index (χ4v) is 3.04. The Bertz CT molecular complexity index is 776. The van der Waals surface area contributed by atoms with Gasteiger partial charge in [-0.25, -0.2) is 0 Å². The summed E-state index contributed by atoms with van der Waals surface area (Å²) < 4.78 is 6.94. The molecule has 1 atom stereocenters. The van der Waals surface area contributed by atoms with Gasteiger partial charge in [0.1, 0.15) is 6.04 Å². The molecule has 1 unspecified atom stereocenters. The smallest absolute Gasteiger partial charge is 0.274 e. The molecule has 2 aromatic rings. The highest BCUT2D eigenvalue weighted by Gasteiger charge is 2.33. The molecular weight excluding hydrogens is 324 g/mol. The van der Waals surface area contributed by atoms with E-state index in [1.165, 1.54) is 6.92 Å². The summed E-state index contributed by atoms with van der Waals surface area (Å²) in [6.07, 6.45) is 0.540. The highest BCUT2D eigenvalue weighted by Crippen LogP contribution is 2.26. The molecule has 3 heterocycles. The minimum Gasteiger partial charge on any atom is -0.337 e. The highest BCUT2D eigenvalue weighted by atomic mass is 16.5. The third-order valence-corrected chi connectivity index (χ3v) is 4.51. The maximum Gasteiger partial charge on any atom is 0.274 e. The molecule has 2 amide bonds. The van der Waals surface area contributed by atoms with Crippen LogP contribution in [-0.4, -0.2) is 61.2 Å². The van der Waals surface area contributed by atoms with Crippen molar-refractivity contribution in [1.82, 2.24) is 29.7 Å². The number of rotatable bonds is 2. The van der Waals surface area contributed by atoms with Crippen LogP contribution in [0, 0.1) is 13.8 Å². The minimum absolute atomic E-state index is 0.0798. The lowest BCUT2D eigenvalue weighted by Crippen LogP contribution is -2.37. The second-order valence-electron chi connectivity index (χ2n) is 6.28. The van der Waals surface area contributed by atoms with Crippen LogP contribution in [0.25, 0.3) is 0 Å². The predicted molar refractivity (Wildman–Crippen MR) is 87.6 cm³/mol. The number of hydrogen-bond acceptors (Lipinski definition) is 6. The summed E-state index contributed by atoms with van der Waals surface area (Å²) in [5.74, 6) is 0.730. The van der Waals surface area contributed by atoms with E-state index < -0.39 is 0 Å². The van der Waals surface area contributed by atoms with Crippen molar-refractivity contribution in [1.29, 1.82) is 0 Å². The van der Waals surface area contributed by atoms with Crippen molar-refractivity contribution in [2.45, 2.75) is 33.2 Å². The van der Waals surface area contributed by atoms with Crippen LogP contribution in [0.5, 0.6) is 0 Å². The fourth-order valence-electron chi connectivity index (χ4n) is 3.04. The van der Waals surface area contributed by atoms with Crippen LogP contribution in [0.2, 0.25) is 0 Å². The van der Waals surface area contributed by atoms with E-state index in [0.29, 0.717) is 43.5 Å². The van der Waals surface area contributed by atoms with Gasteiger partial charge in [-0.05, 0) is 26.3 Å². The molecule has 0 N–H and O–H groups in total. The van der Waals surface area contributed by atoms with Gasteiger partial charge < -0.3 is 14.3 Å². The van der Waals surface area contributed by atoms with Gasteiger partial charge in [-0.3, -0.25) is 14.3 Å². The first-order valence-corrected chi connectivity index (χ1v) is 8.24. The van der Waals surface area contributed by atoms with Crippen molar-refractivity contribution in [3.05, 3.63) is 29.2 Å². The van der Waals surface area contributed by atoms with Gasteiger partial charge in [-0.1, -0.05) is 5.16 Å². The summed E-state index contributed by atoms with van der Waals surface area (Å²) in [6.45, 7) is 6.50. The number of amides is 2. The molecule has 1 aliphatic heterocycles. The Hall–Kier alpha value is -2.71. The van der Waals surface area contributed by atoms with E-state index in [2.05, 4.69) is 15.2 Å². The van der Waals surface area contributed by atoms with E-state index in [1.807, 2.05) is 6.92 Å². The lowest BCUT2D eigenvalue weighted by atomic mass is 10.1. The molecule has 0 radical (unpaired) electrons. The van der Waals surface area contributed by atoms with Crippen LogP contribution >= 0.6 is 0 Å². The normalized spacial score (nSPS) is 18.3. The molecule has 1 saturated heterocycles. The van der Waals surface area contributed by atoms with Gasteiger partial charge >= 0.3 is 0 Å². The maximum absolute atomic E-state index is 12.7. The number of aryl methyl sites for hydroxylation is 3. The molecule has 134 valence electrons. The van der Waals surface area contributed by atoms with E-state index in [4.69, 9.17) is 4.52 Å². The molecule has 3 rings (SSSR count). The molecule has 0 bridgehead atoms. The first-order valence-electron chi connectivity index (χ1n) is 8.24. The Labute approximate surface area is 145 Å².